The quantitative estimate of drug-likeness (QED) is 0.154. The minimum atomic E-state index is -0.984. The van der Waals surface area contributed by atoms with Crippen LogP contribution >= 0.6 is 0 Å². The number of benzene rings is 3. The van der Waals surface area contributed by atoms with Gasteiger partial charge >= 0.3 is 0 Å². The molecule has 0 atom stereocenters. The second kappa shape index (κ2) is 14.7. The summed E-state index contributed by atoms with van der Waals surface area (Å²) >= 11 is 0. The van der Waals surface area contributed by atoms with E-state index in [1.165, 1.54) is 31.4 Å². The van der Waals surface area contributed by atoms with E-state index in [-0.39, 0.29) is 35.5 Å². The topological polar surface area (TPSA) is 18.5 Å². The number of halogens is 4. The summed E-state index contributed by atoms with van der Waals surface area (Å²) in [5.41, 5.74) is 2.49. The summed E-state index contributed by atoms with van der Waals surface area (Å²) in [4.78, 5) is 0. The van der Waals surface area contributed by atoms with Gasteiger partial charge in [0.2, 0.25) is 5.82 Å². The molecule has 0 heterocycles. The van der Waals surface area contributed by atoms with E-state index in [2.05, 4.69) is 6.92 Å². The minimum absolute atomic E-state index is 0.0516. The molecular weight excluding hydrogens is 516 g/mol. The van der Waals surface area contributed by atoms with Crippen LogP contribution in [0.15, 0.2) is 48.5 Å². The van der Waals surface area contributed by atoms with Crippen LogP contribution in [0.4, 0.5) is 17.6 Å². The van der Waals surface area contributed by atoms with E-state index in [0.29, 0.717) is 43.4 Å². The van der Waals surface area contributed by atoms with Crippen molar-refractivity contribution in [3.63, 3.8) is 0 Å². The largest absolute Gasteiger partial charge is 0.490 e. The second-order valence-corrected chi connectivity index (χ2v) is 10.9. The molecule has 0 amide bonds. The number of ether oxygens (including phenoxy) is 2. The Morgan fingerprint density at radius 2 is 1.40 bits per heavy atom. The van der Waals surface area contributed by atoms with E-state index >= 15 is 4.39 Å². The van der Waals surface area contributed by atoms with Gasteiger partial charge in [-0.25, -0.2) is 13.2 Å². The van der Waals surface area contributed by atoms with E-state index in [9.17, 15) is 13.2 Å². The van der Waals surface area contributed by atoms with E-state index in [0.717, 1.165) is 24.8 Å². The fourth-order valence-corrected chi connectivity index (χ4v) is 5.44. The third kappa shape index (κ3) is 7.66. The van der Waals surface area contributed by atoms with Crippen molar-refractivity contribution < 1.29 is 27.0 Å². The van der Waals surface area contributed by atoms with Gasteiger partial charge in [-0.2, -0.15) is 4.39 Å². The van der Waals surface area contributed by atoms with Gasteiger partial charge in [-0.05, 0) is 68.2 Å². The zero-order valence-electron chi connectivity index (χ0n) is 23.6. The Bertz CT molecular complexity index is 1230. The highest BCUT2D eigenvalue weighted by Gasteiger charge is 2.27. The molecule has 0 aromatic heterocycles. The standard InChI is InChI=1S/C34H40F4O2/c1-3-4-5-6-7-8-21-39-30-20-15-26(31(35)34(30)38)22-40-27-16-13-25(14-17-27)29-19-18-28(32(36)33(29)37)24-11-9-23(2)10-12-24/h9-12,15,18-20,25,27H,3-8,13-14,16-17,21-22H2,1-2H3. The lowest BCUT2D eigenvalue weighted by Gasteiger charge is -2.29. The molecular formula is C34H40F4O2. The van der Waals surface area contributed by atoms with Crippen molar-refractivity contribution >= 4 is 0 Å². The zero-order valence-corrected chi connectivity index (χ0v) is 23.6. The average Bonchev–Trinajstić information content (AvgIpc) is 2.96. The van der Waals surface area contributed by atoms with Crippen molar-refractivity contribution in [2.75, 3.05) is 6.61 Å². The second-order valence-electron chi connectivity index (χ2n) is 10.9. The fourth-order valence-electron chi connectivity index (χ4n) is 5.44. The molecule has 0 unspecified atom stereocenters. The van der Waals surface area contributed by atoms with Crippen LogP contribution in [0.5, 0.6) is 5.75 Å². The van der Waals surface area contributed by atoms with Crippen molar-refractivity contribution in [3.05, 3.63) is 88.5 Å². The molecule has 3 aromatic rings. The smallest absolute Gasteiger partial charge is 0.200 e. The maximum absolute atomic E-state index is 15.1. The third-order valence-corrected chi connectivity index (χ3v) is 7.95. The van der Waals surface area contributed by atoms with Crippen LogP contribution in [0.3, 0.4) is 0 Å². The molecule has 1 aliphatic carbocycles. The maximum Gasteiger partial charge on any atom is 0.200 e. The van der Waals surface area contributed by atoms with Gasteiger partial charge in [0.1, 0.15) is 0 Å². The van der Waals surface area contributed by atoms with Crippen LogP contribution in [0, 0.1) is 30.2 Å². The predicted octanol–water partition coefficient (Wildman–Crippen LogP) is 10.2. The summed E-state index contributed by atoms with van der Waals surface area (Å²) < 4.78 is 70.6. The van der Waals surface area contributed by atoms with Gasteiger partial charge in [-0.1, -0.05) is 81.0 Å². The first-order chi connectivity index (χ1) is 19.4. The summed E-state index contributed by atoms with van der Waals surface area (Å²) in [6.07, 6.45) is 8.91. The normalized spacial score (nSPS) is 17.2. The highest BCUT2D eigenvalue weighted by molar-refractivity contribution is 5.65. The van der Waals surface area contributed by atoms with Crippen LogP contribution in [-0.4, -0.2) is 12.7 Å². The van der Waals surface area contributed by atoms with Crippen LogP contribution in [0.1, 0.15) is 93.7 Å². The summed E-state index contributed by atoms with van der Waals surface area (Å²) in [6.45, 7) is 4.42. The molecule has 0 radical (unpaired) electrons. The van der Waals surface area contributed by atoms with E-state index in [1.54, 1.807) is 24.3 Å². The Labute approximate surface area is 235 Å². The Morgan fingerprint density at radius 1 is 0.700 bits per heavy atom. The van der Waals surface area contributed by atoms with Crippen LogP contribution in [-0.2, 0) is 11.3 Å². The minimum Gasteiger partial charge on any atom is -0.490 e. The summed E-state index contributed by atoms with van der Waals surface area (Å²) in [7, 11) is 0. The van der Waals surface area contributed by atoms with Crippen molar-refractivity contribution in [1.82, 2.24) is 0 Å². The van der Waals surface area contributed by atoms with Crippen LogP contribution in [0.25, 0.3) is 11.1 Å². The lowest BCUT2D eigenvalue weighted by molar-refractivity contribution is 0.0116. The van der Waals surface area contributed by atoms with Gasteiger partial charge in [0.05, 0.1) is 19.3 Å². The molecule has 2 nitrogen and oxygen atoms in total. The Hall–Kier alpha value is -2.86. The molecule has 1 fully saturated rings. The monoisotopic (exact) mass is 556 g/mol. The molecule has 1 saturated carbocycles. The summed E-state index contributed by atoms with van der Waals surface area (Å²) in [6, 6.07) is 13.6. The first-order valence-corrected chi connectivity index (χ1v) is 14.6. The van der Waals surface area contributed by atoms with Crippen molar-refractivity contribution in [1.29, 1.82) is 0 Å². The molecule has 3 aromatic carbocycles. The SMILES string of the molecule is CCCCCCCCOc1ccc(COC2CCC(c3ccc(-c4ccc(C)cc4)c(F)c3F)CC2)c(F)c1F. The molecule has 216 valence electrons. The first-order valence-electron chi connectivity index (χ1n) is 14.6. The van der Waals surface area contributed by atoms with Crippen molar-refractivity contribution in [2.45, 2.75) is 96.7 Å². The van der Waals surface area contributed by atoms with E-state index in [1.807, 2.05) is 19.1 Å². The van der Waals surface area contributed by atoms with Gasteiger partial charge in [-0.3, -0.25) is 0 Å². The lowest BCUT2D eigenvalue weighted by atomic mass is 9.82. The number of aryl methyl sites for hydroxylation is 1. The number of hydrogen-bond donors (Lipinski definition) is 0. The Morgan fingerprint density at radius 3 is 2.12 bits per heavy atom. The summed E-state index contributed by atoms with van der Waals surface area (Å²) in [5.74, 6) is -3.73. The molecule has 40 heavy (non-hydrogen) atoms. The molecule has 0 saturated heterocycles. The molecule has 0 bridgehead atoms. The zero-order chi connectivity index (χ0) is 28.5. The number of hydrogen-bond acceptors (Lipinski definition) is 2. The molecule has 0 aliphatic heterocycles. The average molecular weight is 557 g/mol. The molecule has 0 spiro atoms. The Kier molecular flexibility index (Phi) is 11.0. The molecule has 1 aliphatic rings. The third-order valence-electron chi connectivity index (χ3n) is 7.95. The van der Waals surface area contributed by atoms with Crippen molar-refractivity contribution in [3.8, 4) is 16.9 Å². The summed E-state index contributed by atoms with van der Waals surface area (Å²) in [5, 5.41) is 0. The predicted molar refractivity (Wildman–Crippen MR) is 152 cm³/mol. The van der Waals surface area contributed by atoms with Gasteiger partial charge in [0.25, 0.3) is 0 Å². The van der Waals surface area contributed by atoms with E-state index in [4.69, 9.17) is 9.47 Å². The first kappa shape index (κ1) is 30.1. The fraction of sp³-hybridized carbons (Fsp3) is 0.471. The van der Waals surface area contributed by atoms with E-state index < -0.39 is 23.3 Å². The molecule has 6 heteroatoms. The van der Waals surface area contributed by atoms with Gasteiger partial charge in [-0.15, -0.1) is 0 Å². The van der Waals surface area contributed by atoms with Crippen LogP contribution < -0.4 is 4.74 Å². The highest BCUT2D eigenvalue weighted by atomic mass is 19.2. The number of unbranched alkanes of at least 4 members (excludes halogenated alkanes) is 5. The molecule has 0 N–H and O–H groups in total. The van der Waals surface area contributed by atoms with Gasteiger partial charge in [0.15, 0.2) is 23.2 Å². The Balaban J connectivity index is 1.26. The highest BCUT2D eigenvalue weighted by Crippen LogP contribution is 2.38. The maximum atomic E-state index is 15.1. The lowest BCUT2D eigenvalue weighted by Crippen LogP contribution is -2.21. The number of rotatable bonds is 13. The van der Waals surface area contributed by atoms with Gasteiger partial charge in [0, 0.05) is 11.1 Å². The van der Waals surface area contributed by atoms with Crippen LogP contribution in [0.2, 0.25) is 0 Å². The van der Waals surface area contributed by atoms with Gasteiger partial charge < -0.3 is 9.47 Å². The molecule has 4 rings (SSSR count). The van der Waals surface area contributed by atoms with Crippen molar-refractivity contribution in [2.24, 2.45) is 0 Å².